The van der Waals surface area contributed by atoms with Crippen molar-refractivity contribution in [3.05, 3.63) is 60.1 Å². The highest BCUT2D eigenvalue weighted by Gasteiger charge is 2.10. The van der Waals surface area contributed by atoms with Crippen LogP contribution < -0.4 is 5.73 Å². The lowest BCUT2D eigenvalue weighted by atomic mass is 10.0. The highest BCUT2D eigenvalue weighted by Crippen LogP contribution is 2.24. The molecule has 0 atom stereocenters. The molecule has 4 rings (SSSR count). The lowest BCUT2D eigenvalue weighted by Crippen LogP contribution is -2.01. The van der Waals surface area contributed by atoms with E-state index in [0.29, 0.717) is 11.2 Å². The summed E-state index contributed by atoms with van der Waals surface area (Å²) in [5.41, 5.74) is 9.06. The zero-order valence-electron chi connectivity index (χ0n) is 15.1. The molecule has 1 aliphatic carbocycles. The van der Waals surface area contributed by atoms with Gasteiger partial charge in [0, 0.05) is 18.0 Å². The number of nitrogens with two attached hydrogens (primary N) is 1. The van der Waals surface area contributed by atoms with Crippen molar-refractivity contribution in [2.45, 2.75) is 45.4 Å². The number of fused-ring (bicyclic) bond motifs is 1. The van der Waals surface area contributed by atoms with Crippen LogP contribution in [0.25, 0.3) is 11.2 Å². The van der Waals surface area contributed by atoms with Crippen LogP contribution in [0.3, 0.4) is 0 Å². The van der Waals surface area contributed by atoms with Gasteiger partial charge >= 0.3 is 0 Å². The molecule has 6 heteroatoms. The molecule has 0 aliphatic heterocycles. The van der Waals surface area contributed by atoms with Gasteiger partial charge in [-0.15, -0.1) is 0 Å². The molecule has 3 heterocycles. The number of rotatable bonds is 2. The maximum Gasteiger partial charge on any atom is 0.220 e. The van der Waals surface area contributed by atoms with Gasteiger partial charge < -0.3 is 5.73 Å². The summed E-state index contributed by atoms with van der Waals surface area (Å²) >= 11 is 0. The zero-order valence-corrected chi connectivity index (χ0v) is 15.1. The number of nitrogen functional groups attached to an aromatic ring is 1. The van der Waals surface area contributed by atoms with Crippen molar-refractivity contribution >= 4 is 17.2 Å². The molecule has 0 amide bonds. The normalized spacial score (nSPS) is 13.9. The van der Waals surface area contributed by atoms with E-state index in [1.165, 1.54) is 49.1 Å². The summed E-state index contributed by atoms with van der Waals surface area (Å²) in [4.78, 5) is 12.0. The van der Waals surface area contributed by atoms with Crippen LogP contribution in [-0.2, 0) is 0 Å². The molecule has 1 aliphatic rings. The molecule has 0 unspecified atom stereocenters. The molecular formula is C20H24FN5. The molecule has 0 radical (unpaired) electrons. The second-order valence-electron chi connectivity index (χ2n) is 6.55. The number of anilines is 1. The molecule has 2 N–H and O–H groups in total. The van der Waals surface area contributed by atoms with Gasteiger partial charge in [0.05, 0.1) is 11.9 Å². The highest BCUT2D eigenvalue weighted by atomic mass is 19.1. The average Bonchev–Trinajstić information content (AvgIpc) is 3.04. The molecule has 0 aromatic carbocycles. The SMILES string of the molecule is C1CCCCC1.C=C(c1ccc2ncc(F)n2c1)c1cnc(N)nc1C. The summed E-state index contributed by atoms with van der Waals surface area (Å²) in [7, 11) is 0. The van der Waals surface area contributed by atoms with Crippen LogP contribution in [0.4, 0.5) is 10.3 Å². The first kappa shape index (κ1) is 18.0. The highest BCUT2D eigenvalue weighted by molar-refractivity contribution is 5.79. The number of pyridine rings is 1. The molecule has 26 heavy (non-hydrogen) atoms. The van der Waals surface area contributed by atoms with E-state index in [9.17, 15) is 4.39 Å². The van der Waals surface area contributed by atoms with Crippen LogP contribution in [0, 0.1) is 12.9 Å². The second kappa shape index (κ2) is 8.08. The third-order valence-corrected chi connectivity index (χ3v) is 4.63. The fraction of sp³-hybridized carbons (Fsp3) is 0.350. The number of aryl methyl sites for hydroxylation is 1. The van der Waals surface area contributed by atoms with Crippen LogP contribution in [0.5, 0.6) is 0 Å². The number of hydrogen-bond donors (Lipinski definition) is 1. The number of imidazole rings is 1. The van der Waals surface area contributed by atoms with E-state index in [-0.39, 0.29) is 5.95 Å². The first-order valence-electron chi connectivity index (χ1n) is 8.97. The molecule has 5 nitrogen and oxygen atoms in total. The quantitative estimate of drug-likeness (QED) is 0.733. The first-order valence-corrected chi connectivity index (χ1v) is 8.97. The van der Waals surface area contributed by atoms with E-state index in [4.69, 9.17) is 5.73 Å². The van der Waals surface area contributed by atoms with Crippen molar-refractivity contribution in [2.75, 3.05) is 5.73 Å². The van der Waals surface area contributed by atoms with Crippen molar-refractivity contribution in [1.29, 1.82) is 0 Å². The van der Waals surface area contributed by atoms with E-state index in [2.05, 4.69) is 21.5 Å². The number of nitrogens with zero attached hydrogens (tertiary/aromatic N) is 4. The minimum absolute atomic E-state index is 0.218. The summed E-state index contributed by atoms with van der Waals surface area (Å²) < 4.78 is 14.9. The van der Waals surface area contributed by atoms with Crippen LogP contribution in [0.1, 0.15) is 55.3 Å². The first-order chi connectivity index (χ1) is 12.6. The molecule has 0 spiro atoms. The van der Waals surface area contributed by atoms with Gasteiger partial charge in [-0.05, 0) is 30.2 Å². The Morgan fingerprint density at radius 2 is 1.73 bits per heavy atom. The van der Waals surface area contributed by atoms with Crippen molar-refractivity contribution in [1.82, 2.24) is 19.4 Å². The largest absolute Gasteiger partial charge is 0.368 e. The van der Waals surface area contributed by atoms with Gasteiger partial charge in [0.15, 0.2) is 0 Å². The van der Waals surface area contributed by atoms with Gasteiger partial charge in [-0.25, -0.2) is 15.0 Å². The third-order valence-electron chi connectivity index (χ3n) is 4.63. The molecule has 0 bridgehead atoms. The molecular weight excluding hydrogens is 329 g/mol. The lowest BCUT2D eigenvalue weighted by Gasteiger charge is -2.09. The van der Waals surface area contributed by atoms with E-state index in [1.54, 1.807) is 18.5 Å². The van der Waals surface area contributed by atoms with Gasteiger partial charge in [0.1, 0.15) is 5.65 Å². The number of aromatic nitrogens is 4. The number of halogens is 1. The Morgan fingerprint density at radius 3 is 2.35 bits per heavy atom. The predicted molar refractivity (Wildman–Crippen MR) is 102 cm³/mol. The van der Waals surface area contributed by atoms with Crippen molar-refractivity contribution in [3.63, 3.8) is 0 Å². The molecule has 0 saturated heterocycles. The summed E-state index contributed by atoms with van der Waals surface area (Å²) in [5.74, 6) is -0.199. The molecule has 1 saturated carbocycles. The van der Waals surface area contributed by atoms with Crippen molar-refractivity contribution in [3.8, 4) is 0 Å². The van der Waals surface area contributed by atoms with Crippen LogP contribution in [0.2, 0.25) is 0 Å². The fourth-order valence-electron chi connectivity index (χ4n) is 3.13. The minimum Gasteiger partial charge on any atom is -0.368 e. The topological polar surface area (TPSA) is 69.1 Å². The Hall–Kier alpha value is -2.76. The average molecular weight is 353 g/mol. The fourth-order valence-corrected chi connectivity index (χ4v) is 3.13. The van der Waals surface area contributed by atoms with Gasteiger partial charge in [-0.2, -0.15) is 4.39 Å². The Kier molecular flexibility index (Phi) is 5.61. The van der Waals surface area contributed by atoms with Crippen LogP contribution >= 0.6 is 0 Å². The van der Waals surface area contributed by atoms with Crippen LogP contribution in [-0.4, -0.2) is 19.4 Å². The van der Waals surface area contributed by atoms with Gasteiger partial charge in [0.2, 0.25) is 11.9 Å². The third kappa shape index (κ3) is 4.07. The Labute approximate surface area is 152 Å². The minimum atomic E-state index is -0.417. The Morgan fingerprint density at radius 1 is 1.08 bits per heavy atom. The van der Waals surface area contributed by atoms with Crippen molar-refractivity contribution < 1.29 is 4.39 Å². The zero-order chi connectivity index (χ0) is 18.5. The molecule has 3 aromatic rings. The van der Waals surface area contributed by atoms with Crippen molar-refractivity contribution in [2.24, 2.45) is 0 Å². The molecule has 1 fully saturated rings. The molecule has 136 valence electrons. The van der Waals surface area contributed by atoms with E-state index in [0.717, 1.165) is 16.8 Å². The van der Waals surface area contributed by atoms with E-state index in [1.807, 2.05) is 13.0 Å². The predicted octanol–water partition coefficient (Wildman–Crippen LogP) is 4.56. The summed E-state index contributed by atoms with van der Waals surface area (Å²) in [6.07, 6.45) is 13.4. The summed E-state index contributed by atoms with van der Waals surface area (Å²) in [5, 5.41) is 0. The van der Waals surface area contributed by atoms with Gasteiger partial charge in [0.25, 0.3) is 0 Å². The van der Waals surface area contributed by atoms with Gasteiger partial charge in [-0.3, -0.25) is 4.40 Å². The number of hydrogen-bond acceptors (Lipinski definition) is 4. The van der Waals surface area contributed by atoms with E-state index < -0.39 is 5.95 Å². The standard InChI is InChI=1S/C14H12FN5.C6H12/c1-8(11-5-18-14(16)19-9(11)2)10-3-4-13-17-6-12(15)20(13)7-10;1-2-4-6-5-3-1/h3-7H,1H2,2H3,(H2,16,18,19);1-6H2. The van der Waals surface area contributed by atoms with Crippen LogP contribution in [0.15, 0.2) is 37.3 Å². The maximum atomic E-state index is 13.6. The summed E-state index contributed by atoms with van der Waals surface area (Å²) in [6.45, 7) is 5.86. The Bertz CT molecular complexity index is 900. The molecule has 3 aromatic heterocycles. The lowest BCUT2D eigenvalue weighted by molar-refractivity contribution is 0.504. The van der Waals surface area contributed by atoms with Gasteiger partial charge in [-0.1, -0.05) is 45.1 Å². The maximum absolute atomic E-state index is 13.6. The monoisotopic (exact) mass is 353 g/mol. The second-order valence-corrected chi connectivity index (χ2v) is 6.55. The smallest absolute Gasteiger partial charge is 0.220 e. The van der Waals surface area contributed by atoms with E-state index >= 15 is 0 Å². The Balaban J connectivity index is 0.000000278. The summed E-state index contributed by atoms with van der Waals surface area (Å²) in [6, 6.07) is 3.57.